The van der Waals surface area contributed by atoms with Crippen LogP contribution in [0, 0.1) is 0 Å². The second-order valence-electron chi connectivity index (χ2n) is 7.59. The van der Waals surface area contributed by atoms with E-state index in [1.54, 1.807) is 6.92 Å². The first-order valence-corrected chi connectivity index (χ1v) is 8.87. The van der Waals surface area contributed by atoms with Gasteiger partial charge < -0.3 is 10.1 Å². The maximum atomic E-state index is 12.3. The smallest absolute Gasteiger partial charge is 0.260 e. The van der Waals surface area contributed by atoms with E-state index in [0.29, 0.717) is 12.3 Å². The van der Waals surface area contributed by atoms with E-state index in [4.69, 9.17) is 4.74 Å². The normalized spacial score (nSPS) is 13.8. The maximum absolute atomic E-state index is 12.3. The van der Waals surface area contributed by atoms with Crippen LogP contribution in [0.5, 0.6) is 5.75 Å². The SMILES string of the molecule is C[C@H](Oc1ccc(C(C)(C)C)cc1)C(=O)NC[C@H](C)c1ccccc1. The summed E-state index contributed by atoms with van der Waals surface area (Å²) in [6.45, 7) is 11.0. The van der Waals surface area contributed by atoms with Gasteiger partial charge in [-0.3, -0.25) is 4.79 Å². The van der Waals surface area contributed by atoms with Crippen LogP contribution >= 0.6 is 0 Å². The highest BCUT2D eigenvalue weighted by molar-refractivity contribution is 5.80. The summed E-state index contributed by atoms with van der Waals surface area (Å²) >= 11 is 0. The molecule has 0 saturated heterocycles. The molecule has 0 bridgehead atoms. The van der Waals surface area contributed by atoms with Crippen LogP contribution in [-0.4, -0.2) is 18.6 Å². The average molecular weight is 339 g/mol. The summed E-state index contributed by atoms with van der Waals surface area (Å²) in [6.07, 6.45) is -0.525. The summed E-state index contributed by atoms with van der Waals surface area (Å²) < 4.78 is 5.77. The van der Waals surface area contributed by atoms with Crippen molar-refractivity contribution in [3.8, 4) is 5.75 Å². The van der Waals surface area contributed by atoms with Crippen molar-refractivity contribution in [2.24, 2.45) is 0 Å². The Bertz CT molecular complexity index is 671. The largest absolute Gasteiger partial charge is 0.481 e. The van der Waals surface area contributed by atoms with E-state index < -0.39 is 6.10 Å². The quantitative estimate of drug-likeness (QED) is 0.830. The molecule has 2 aromatic carbocycles. The van der Waals surface area contributed by atoms with Crippen molar-refractivity contribution >= 4 is 5.91 Å². The van der Waals surface area contributed by atoms with E-state index in [1.165, 1.54) is 11.1 Å². The Morgan fingerprint density at radius 1 is 1.00 bits per heavy atom. The van der Waals surface area contributed by atoms with Gasteiger partial charge in [0, 0.05) is 6.54 Å². The molecular weight excluding hydrogens is 310 g/mol. The number of amides is 1. The lowest BCUT2D eigenvalue weighted by molar-refractivity contribution is -0.127. The second-order valence-corrected chi connectivity index (χ2v) is 7.59. The van der Waals surface area contributed by atoms with E-state index >= 15 is 0 Å². The standard InChI is InChI=1S/C22H29NO2/c1-16(18-9-7-6-8-10-18)15-23-21(24)17(2)25-20-13-11-19(12-14-20)22(3,4)5/h6-14,16-17H,15H2,1-5H3,(H,23,24)/t16-,17-/m0/s1. The lowest BCUT2D eigenvalue weighted by atomic mass is 9.87. The van der Waals surface area contributed by atoms with E-state index in [1.807, 2.05) is 30.3 Å². The summed E-state index contributed by atoms with van der Waals surface area (Å²) in [6, 6.07) is 18.1. The minimum absolute atomic E-state index is 0.0947. The van der Waals surface area contributed by atoms with Gasteiger partial charge in [-0.1, -0.05) is 70.2 Å². The van der Waals surface area contributed by atoms with Gasteiger partial charge in [-0.05, 0) is 41.5 Å². The fraction of sp³-hybridized carbons (Fsp3) is 0.409. The van der Waals surface area contributed by atoms with Gasteiger partial charge in [-0.25, -0.2) is 0 Å². The van der Waals surface area contributed by atoms with E-state index in [0.717, 1.165) is 0 Å². The fourth-order valence-corrected chi connectivity index (χ4v) is 2.59. The molecule has 3 heteroatoms. The zero-order valence-corrected chi connectivity index (χ0v) is 15.9. The van der Waals surface area contributed by atoms with E-state index in [-0.39, 0.29) is 17.2 Å². The summed E-state index contributed by atoms with van der Waals surface area (Å²) in [7, 11) is 0. The molecule has 2 rings (SSSR count). The number of rotatable bonds is 6. The lowest BCUT2D eigenvalue weighted by Gasteiger charge is -2.20. The number of hydrogen-bond donors (Lipinski definition) is 1. The molecule has 0 unspecified atom stereocenters. The summed E-state index contributed by atoms with van der Waals surface area (Å²) in [5.74, 6) is 0.887. The number of benzene rings is 2. The van der Waals surface area contributed by atoms with Crippen molar-refractivity contribution in [1.82, 2.24) is 5.32 Å². The Morgan fingerprint density at radius 3 is 2.16 bits per heavy atom. The molecule has 0 aromatic heterocycles. The van der Waals surface area contributed by atoms with Crippen LogP contribution in [0.1, 0.15) is 51.7 Å². The first kappa shape index (κ1) is 19.0. The molecule has 3 nitrogen and oxygen atoms in total. The zero-order chi connectivity index (χ0) is 18.4. The highest BCUT2D eigenvalue weighted by Gasteiger charge is 2.17. The maximum Gasteiger partial charge on any atom is 0.260 e. The van der Waals surface area contributed by atoms with Gasteiger partial charge in [0.2, 0.25) is 0 Å². The van der Waals surface area contributed by atoms with Gasteiger partial charge >= 0.3 is 0 Å². The van der Waals surface area contributed by atoms with Gasteiger partial charge in [0.1, 0.15) is 5.75 Å². The lowest BCUT2D eigenvalue weighted by Crippen LogP contribution is -2.38. The number of hydrogen-bond acceptors (Lipinski definition) is 2. The predicted molar refractivity (Wildman–Crippen MR) is 103 cm³/mol. The highest BCUT2D eigenvalue weighted by atomic mass is 16.5. The molecule has 2 atom stereocenters. The molecule has 0 aliphatic carbocycles. The molecule has 0 saturated carbocycles. The van der Waals surface area contributed by atoms with Gasteiger partial charge in [-0.2, -0.15) is 0 Å². The summed E-state index contributed by atoms with van der Waals surface area (Å²) in [5, 5.41) is 2.97. The topological polar surface area (TPSA) is 38.3 Å². The molecule has 1 amide bonds. The predicted octanol–water partition coefficient (Wildman–Crippen LogP) is 4.67. The zero-order valence-electron chi connectivity index (χ0n) is 15.9. The number of carbonyl (C=O) groups excluding carboxylic acids is 1. The van der Waals surface area contributed by atoms with E-state index in [2.05, 4.69) is 57.3 Å². The molecule has 0 radical (unpaired) electrons. The number of nitrogens with one attached hydrogen (secondary N) is 1. The molecular formula is C22H29NO2. The van der Waals surface area contributed by atoms with Gasteiger partial charge in [0.25, 0.3) is 5.91 Å². The van der Waals surface area contributed by atoms with Crippen LogP contribution in [0.15, 0.2) is 54.6 Å². The second kappa shape index (κ2) is 8.19. The number of ether oxygens (including phenoxy) is 1. The molecule has 0 heterocycles. The van der Waals surface area contributed by atoms with Crippen LogP contribution in [0.3, 0.4) is 0 Å². The monoisotopic (exact) mass is 339 g/mol. The van der Waals surface area contributed by atoms with Gasteiger partial charge in [0.15, 0.2) is 6.10 Å². The molecule has 0 fully saturated rings. The third-order valence-electron chi connectivity index (χ3n) is 4.35. The van der Waals surface area contributed by atoms with Crippen molar-refractivity contribution in [2.45, 2.75) is 52.1 Å². The van der Waals surface area contributed by atoms with Crippen molar-refractivity contribution < 1.29 is 9.53 Å². The van der Waals surface area contributed by atoms with Crippen LogP contribution in [0.2, 0.25) is 0 Å². The van der Waals surface area contributed by atoms with Crippen molar-refractivity contribution in [2.75, 3.05) is 6.54 Å². The van der Waals surface area contributed by atoms with Crippen LogP contribution in [0.25, 0.3) is 0 Å². The fourth-order valence-electron chi connectivity index (χ4n) is 2.59. The Morgan fingerprint density at radius 2 is 1.60 bits per heavy atom. The third kappa shape index (κ3) is 5.63. The molecule has 0 spiro atoms. The van der Waals surface area contributed by atoms with Crippen molar-refractivity contribution in [3.63, 3.8) is 0 Å². The summed E-state index contributed by atoms with van der Waals surface area (Å²) in [5.41, 5.74) is 2.57. The average Bonchev–Trinajstić information content (AvgIpc) is 2.59. The van der Waals surface area contributed by atoms with Crippen LogP contribution in [0.4, 0.5) is 0 Å². The van der Waals surface area contributed by atoms with Crippen molar-refractivity contribution in [1.29, 1.82) is 0 Å². The Kier molecular flexibility index (Phi) is 6.24. The van der Waals surface area contributed by atoms with Gasteiger partial charge in [-0.15, -0.1) is 0 Å². The third-order valence-corrected chi connectivity index (χ3v) is 4.35. The molecule has 0 aliphatic rings. The molecule has 2 aromatic rings. The Balaban J connectivity index is 1.86. The highest BCUT2D eigenvalue weighted by Crippen LogP contribution is 2.24. The minimum Gasteiger partial charge on any atom is -0.481 e. The first-order chi connectivity index (χ1) is 11.8. The summed E-state index contributed by atoms with van der Waals surface area (Å²) in [4.78, 5) is 12.3. The van der Waals surface area contributed by atoms with Gasteiger partial charge in [0.05, 0.1) is 0 Å². The molecule has 1 N–H and O–H groups in total. The Hall–Kier alpha value is -2.29. The minimum atomic E-state index is -0.525. The van der Waals surface area contributed by atoms with Crippen molar-refractivity contribution in [3.05, 3.63) is 65.7 Å². The van der Waals surface area contributed by atoms with Crippen LogP contribution < -0.4 is 10.1 Å². The molecule has 134 valence electrons. The van der Waals surface area contributed by atoms with Crippen LogP contribution in [-0.2, 0) is 10.2 Å². The first-order valence-electron chi connectivity index (χ1n) is 8.87. The molecule has 25 heavy (non-hydrogen) atoms. The Labute approximate surface area is 151 Å². The molecule has 0 aliphatic heterocycles. The van der Waals surface area contributed by atoms with E-state index in [9.17, 15) is 4.79 Å². The number of carbonyl (C=O) groups is 1.